The van der Waals surface area contributed by atoms with Crippen LogP contribution in [0.15, 0.2) is 0 Å². The minimum Gasteiger partial charge on any atom is -0.369 e. The van der Waals surface area contributed by atoms with Crippen molar-refractivity contribution in [2.24, 2.45) is 17.6 Å². The summed E-state index contributed by atoms with van der Waals surface area (Å²) in [6.07, 6.45) is 10.2. The van der Waals surface area contributed by atoms with Crippen molar-refractivity contribution in [1.29, 1.82) is 0 Å². The van der Waals surface area contributed by atoms with Crippen molar-refractivity contribution in [2.75, 3.05) is 0 Å². The van der Waals surface area contributed by atoms with Crippen LogP contribution in [0.5, 0.6) is 0 Å². The highest BCUT2D eigenvalue weighted by Gasteiger charge is 2.28. The molecule has 2 N–H and O–H groups in total. The van der Waals surface area contributed by atoms with E-state index in [2.05, 4.69) is 5.92 Å². The lowest BCUT2D eigenvalue weighted by Crippen LogP contribution is -2.32. The minimum absolute atomic E-state index is 0.0369. The summed E-state index contributed by atoms with van der Waals surface area (Å²) in [5, 5.41) is 0. The number of carbonyl (C=O) groups excluding carboxylic acids is 1. The first-order chi connectivity index (χ1) is 5.75. The zero-order chi connectivity index (χ0) is 8.97. The van der Waals surface area contributed by atoms with Gasteiger partial charge in [-0.25, -0.2) is 0 Å². The summed E-state index contributed by atoms with van der Waals surface area (Å²) >= 11 is 0. The van der Waals surface area contributed by atoms with E-state index in [1.807, 2.05) is 0 Å². The summed E-state index contributed by atoms with van der Waals surface area (Å²) in [7, 11) is 0. The van der Waals surface area contributed by atoms with Crippen LogP contribution in [-0.4, -0.2) is 5.91 Å². The molecule has 2 heteroatoms. The maximum Gasteiger partial charge on any atom is 0.220 e. The normalized spacial score (nSPS) is 29.2. The lowest BCUT2D eigenvalue weighted by molar-refractivity contribution is -0.124. The van der Waals surface area contributed by atoms with Gasteiger partial charge in [0.15, 0.2) is 0 Å². The predicted octanol–water partition coefficient (Wildman–Crippen LogP) is 1.30. The number of nitrogens with two attached hydrogens (primary N) is 1. The van der Waals surface area contributed by atoms with Crippen molar-refractivity contribution >= 4 is 5.91 Å². The third-order valence-corrected chi connectivity index (χ3v) is 2.65. The third kappa shape index (κ3) is 2.01. The van der Waals surface area contributed by atoms with Gasteiger partial charge in [-0.2, -0.15) is 0 Å². The maximum atomic E-state index is 11.0. The molecule has 1 fully saturated rings. The van der Waals surface area contributed by atoms with Crippen LogP contribution in [0.2, 0.25) is 0 Å². The van der Waals surface area contributed by atoms with E-state index in [1.54, 1.807) is 0 Å². The number of hydrogen-bond acceptors (Lipinski definition) is 1. The minimum atomic E-state index is -0.171. The monoisotopic (exact) mass is 165 g/mol. The van der Waals surface area contributed by atoms with Gasteiger partial charge in [-0.3, -0.25) is 4.79 Å². The Balaban J connectivity index is 2.55. The molecule has 0 bridgehead atoms. The molecule has 1 amide bonds. The highest BCUT2D eigenvalue weighted by molar-refractivity contribution is 5.77. The number of hydrogen-bond donors (Lipinski definition) is 1. The molecule has 0 saturated heterocycles. The zero-order valence-corrected chi connectivity index (χ0v) is 7.25. The van der Waals surface area contributed by atoms with Gasteiger partial charge in [0.1, 0.15) is 0 Å². The molecule has 12 heavy (non-hydrogen) atoms. The van der Waals surface area contributed by atoms with Crippen LogP contribution >= 0.6 is 0 Å². The molecule has 66 valence electrons. The number of amides is 1. The Bertz CT molecular complexity index is 204. The van der Waals surface area contributed by atoms with Crippen LogP contribution in [0, 0.1) is 24.2 Å². The van der Waals surface area contributed by atoms with Gasteiger partial charge in [-0.15, -0.1) is 12.3 Å². The fraction of sp³-hybridized carbons (Fsp3) is 0.700. The van der Waals surface area contributed by atoms with E-state index < -0.39 is 0 Å². The molecule has 2 atom stereocenters. The maximum absolute atomic E-state index is 11.0. The van der Waals surface area contributed by atoms with E-state index in [4.69, 9.17) is 12.2 Å². The Morgan fingerprint density at radius 3 is 2.75 bits per heavy atom. The molecule has 1 saturated carbocycles. The van der Waals surface area contributed by atoms with Gasteiger partial charge in [0.25, 0.3) is 0 Å². The van der Waals surface area contributed by atoms with E-state index >= 15 is 0 Å². The number of carbonyl (C=O) groups is 1. The van der Waals surface area contributed by atoms with Gasteiger partial charge in [0.2, 0.25) is 5.91 Å². The van der Waals surface area contributed by atoms with Gasteiger partial charge >= 0.3 is 0 Å². The summed E-state index contributed by atoms with van der Waals surface area (Å²) in [4.78, 5) is 11.0. The molecule has 2 nitrogen and oxygen atoms in total. The van der Waals surface area contributed by atoms with Crippen LogP contribution in [0.3, 0.4) is 0 Å². The Morgan fingerprint density at radius 2 is 2.17 bits per heavy atom. The lowest BCUT2D eigenvalue weighted by Gasteiger charge is -2.27. The molecule has 1 rings (SSSR count). The Kier molecular flexibility index (Phi) is 3.16. The molecule has 0 aromatic rings. The summed E-state index contributed by atoms with van der Waals surface area (Å²) in [6, 6.07) is 0. The SMILES string of the molecule is C#CC[C@@H]1CCCC[C@H]1C(N)=O. The van der Waals surface area contributed by atoms with Gasteiger partial charge in [0.05, 0.1) is 0 Å². The Morgan fingerprint density at radius 1 is 1.50 bits per heavy atom. The van der Waals surface area contributed by atoms with Crippen molar-refractivity contribution in [1.82, 2.24) is 0 Å². The molecule has 1 aliphatic carbocycles. The van der Waals surface area contributed by atoms with Crippen LogP contribution in [-0.2, 0) is 4.79 Å². The molecule has 0 aliphatic heterocycles. The van der Waals surface area contributed by atoms with E-state index in [1.165, 1.54) is 6.42 Å². The van der Waals surface area contributed by atoms with E-state index in [0.717, 1.165) is 19.3 Å². The summed E-state index contributed by atoms with van der Waals surface area (Å²) in [6.45, 7) is 0. The molecule has 1 aliphatic rings. The lowest BCUT2D eigenvalue weighted by atomic mass is 9.77. The van der Waals surface area contributed by atoms with Crippen molar-refractivity contribution in [3.05, 3.63) is 0 Å². The standard InChI is InChI=1S/C10H15NO/c1-2-5-8-6-3-4-7-9(8)10(11)12/h1,8-9H,3-7H2,(H2,11,12)/t8-,9-/m1/s1. The Labute approximate surface area is 73.5 Å². The predicted molar refractivity (Wildman–Crippen MR) is 48.1 cm³/mol. The highest BCUT2D eigenvalue weighted by atomic mass is 16.1. The zero-order valence-electron chi connectivity index (χ0n) is 7.25. The van der Waals surface area contributed by atoms with Gasteiger partial charge < -0.3 is 5.73 Å². The molecule has 0 unspecified atom stereocenters. The first-order valence-corrected chi connectivity index (χ1v) is 4.48. The van der Waals surface area contributed by atoms with E-state index in [9.17, 15) is 4.79 Å². The largest absolute Gasteiger partial charge is 0.369 e. The average molecular weight is 165 g/mol. The second kappa shape index (κ2) is 4.15. The van der Waals surface area contributed by atoms with E-state index in [0.29, 0.717) is 12.3 Å². The molecular formula is C10H15NO. The van der Waals surface area contributed by atoms with Gasteiger partial charge in [0, 0.05) is 12.3 Å². The summed E-state index contributed by atoms with van der Waals surface area (Å²) in [5.74, 6) is 2.83. The number of terminal acetylenes is 1. The van der Waals surface area contributed by atoms with Crippen LogP contribution in [0.1, 0.15) is 32.1 Å². The fourth-order valence-corrected chi connectivity index (χ4v) is 1.98. The van der Waals surface area contributed by atoms with Gasteiger partial charge in [-0.1, -0.05) is 12.8 Å². The summed E-state index contributed by atoms with van der Waals surface area (Å²) in [5.41, 5.74) is 5.28. The van der Waals surface area contributed by atoms with Crippen molar-refractivity contribution < 1.29 is 4.79 Å². The van der Waals surface area contributed by atoms with Crippen LogP contribution in [0.25, 0.3) is 0 Å². The Hall–Kier alpha value is -0.970. The van der Waals surface area contributed by atoms with Crippen molar-refractivity contribution in [2.45, 2.75) is 32.1 Å². The topological polar surface area (TPSA) is 43.1 Å². The van der Waals surface area contributed by atoms with E-state index in [-0.39, 0.29) is 11.8 Å². The molecular weight excluding hydrogens is 150 g/mol. The van der Waals surface area contributed by atoms with Crippen molar-refractivity contribution in [3.8, 4) is 12.3 Å². The molecule has 0 aromatic heterocycles. The average Bonchev–Trinajstić information content (AvgIpc) is 2.05. The quantitative estimate of drug-likeness (QED) is 0.616. The number of rotatable bonds is 2. The second-order valence-electron chi connectivity index (χ2n) is 3.46. The van der Waals surface area contributed by atoms with Gasteiger partial charge in [-0.05, 0) is 18.8 Å². The highest BCUT2D eigenvalue weighted by Crippen LogP contribution is 2.31. The summed E-state index contributed by atoms with van der Waals surface area (Å²) < 4.78 is 0. The van der Waals surface area contributed by atoms with Crippen molar-refractivity contribution in [3.63, 3.8) is 0 Å². The second-order valence-corrected chi connectivity index (χ2v) is 3.46. The smallest absolute Gasteiger partial charge is 0.220 e. The first kappa shape index (κ1) is 9.12. The fourth-order valence-electron chi connectivity index (χ4n) is 1.98. The van der Waals surface area contributed by atoms with Crippen LogP contribution in [0.4, 0.5) is 0 Å². The first-order valence-electron chi connectivity index (χ1n) is 4.48. The van der Waals surface area contributed by atoms with Crippen LogP contribution < -0.4 is 5.73 Å². The molecule has 0 heterocycles. The molecule has 0 spiro atoms. The molecule has 0 aromatic carbocycles. The number of primary amides is 1. The third-order valence-electron chi connectivity index (χ3n) is 2.65. The molecule has 0 radical (unpaired) electrons.